The number of nitro groups is 1. The number of rotatable bonds is 4. The average Bonchev–Trinajstić information content (AvgIpc) is 2.46. The fraction of sp³-hybridized carbons (Fsp3) is 0.538. The Balaban J connectivity index is 2.39. The monoisotopic (exact) mass is 329 g/mol. The molecule has 1 saturated heterocycles. The molecule has 0 aliphatic carbocycles. The molecule has 0 aromatic heterocycles. The summed E-state index contributed by atoms with van der Waals surface area (Å²) in [6.07, 6.45) is 0. The Hall–Kier alpha value is -1.71. The van der Waals surface area contributed by atoms with Crippen LogP contribution in [0.3, 0.4) is 0 Å². The van der Waals surface area contributed by atoms with E-state index < -0.39 is 14.9 Å². The van der Waals surface area contributed by atoms with Crippen LogP contribution in [0.25, 0.3) is 0 Å². The van der Waals surface area contributed by atoms with Crippen LogP contribution in [0.2, 0.25) is 0 Å². The van der Waals surface area contributed by atoms with Gasteiger partial charge in [-0.2, -0.15) is 4.31 Å². The lowest BCUT2D eigenvalue weighted by molar-refractivity contribution is -0.883. The Morgan fingerprint density at radius 1 is 1.27 bits per heavy atom. The number of nitro benzene ring substituents is 1. The van der Waals surface area contributed by atoms with E-state index in [4.69, 9.17) is 0 Å². The van der Waals surface area contributed by atoms with E-state index in [0.29, 0.717) is 18.8 Å². The molecule has 0 saturated carbocycles. The molecule has 2 rings (SSSR count). The highest BCUT2D eigenvalue weighted by molar-refractivity contribution is 7.89. The fourth-order valence-electron chi connectivity index (χ4n) is 2.45. The van der Waals surface area contributed by atoms with Crippen LogP contribution in [0.5, 0.6) is 0 Å². The molecule has 0 atom stereocenters. The van der Waals surface area contributed by atoms with Crippen LogP contribution >= 0.6 is 0 Å². The molecule has 8 nitrogen and oxygen atoms in total. The molecule has 1 fully saturated rings. The Morgan fingerprint density at radius 2 is 1.86 bits per heavy atom. The van der Waals surface area contributed by atoms with E-state index >= 15 is 0 Å². The summed E-state index contributed by atoms with van der Waals surface area (Å²) in [4.78, 5) is 13.5. The van der Waals surface area contributed by atoms with Crippen molar-refractivity contribution in [2.24, 2.45) is 0 Å². The van der Waals surface area contributed by atoms with E-state index in [1.54, 1.807) is 19.0 Å². The molecule has 1 aliphatic rings. The summed E-state index contributed by atoms with van der Waals surface area (Å²) in [5.74, 6) is 0. The maximum absolute atomic E-state index is 12.6. The molecule has 1 aromatic carbocycles. The van der Waals surface area contributed by atoms with Crippen LogP contribution in [-0.4, -0.2) is 65.0 Å². The predicted octanol–water partition coefficient (Wildman–Crippen LogP) is -0.820. The van der Waals surface area contributed by atoms with Crippen molar-refractivity contribution in [1.29, 1.82) is 0 Å². The van der Waals surface area contributed by atoms with E-state index in [0.717, 1.165) is 19.2 Å². The summed E-state index contributed by atoms with van der Waals surface area (Å²) in [5, 5.41) is 11.2. The molecule has 122 valence electrons. The molecule has 1 N–H and O–H groups in total. The molecule has 0 spiro atoms. The first-order valence-corrected chi connectivity index (χ1v) is 8.44. The number of piperazine rings is 1. The molecule has 1 aromatic rings. The van der Waals surface area contributed by atoms with Crippen molar-refractivity contribution in [2.75, 3.05) is 52.2 Å². The lowest BCUT2D eigenvalue weighted by atomic mass is 10.2. The SMILES string of the molecule is CN(C)c1ccc(S(=O)(=O)N2CC[NH+](C)CC2)cc1[N+](=O)[O-]. The number of sulfonamides is 1. The van der Waals surface area contributed by atoms with Gasteiger partial charge in [-0.05, 0) is 12.1 Å². The van der Waals surface area contributed by atoms with Gasteiger partial charge in [-0.15, -0.1) is 0 Å². The number of nitrogens with one attached hydrogen (secondary N) is 1. The summed E-state index contributed by atoms with van der Waals surface area (Å²) in [5.41, 5.74) is 0.178. The number of likely N-dealkylation sites (N-methyl/N-ethyl adjacent to an activating group) is 1. The minimum absolute atomic E-state index is 0.0237. The van der Waals surface area contributed by atoms with Crippen molar-refractivity contribution in [3.63, 3.8) is 0 Å². The highest BCUT2D eigenvalue weighted by Crippen LogP contribution is 2.30. The van der Waals surface area contributed by atoms with Crippen molar-refractivity contribution in [2.45, 2.75) is 4.90 Å². The van der Waals surface area contributed by atoms with Crippen LogP contribution in [0, 0.1) is 10.1 Å². The zero-order valence-electron chi connectivity index (χ0n) is 12.9. The van der Waals surface area contributed by atoms with Crippen LogP contribution in [0.1, 0.15) is 0 Å². The summed E-state index contributed by atoms with van der Waals surface area (Å²) in [6, 6.07) is 4.06. The van der Waals surface area contributed by atoms with Gasteiger partial charge in [-0.25, -0.2) is 8.42 Å². The maximum atomic E-state index is 12.6. The van der Waals surface area contributed by atoms with Gasteiger partial charge < -0.3 is 9.80 Å². The van der Waals surface area contributed by atoms with Gasteiger partial charge in [0, 0.05) is 20.2 Å². The molecule has 0 radical (unpaired) electrons. The molecule has 0 unspecified atom stereocenters. The first-order valence-electron chi connectivity index (χ1n) is 7.00. The number of hydrogen-bond acceptors (Lipinski definition) is 5. The van der Waals surface area contributed by atoms with E-state index in [1.807, 2.05) is 7.05 Å². The van der Waals surface area contributed by atoms with E-state index in [2.05, 4.69) is 0 Å². The van der Waals surface area contributed by atoms with Gasteiger partial charge in [-0.1, -0.05) is 0 Å². The normalized spacial score (nSPS) is 17.4. The second kappa shape index (κ2) is 6.19. The molecular formula is C13H21N4O4S+. The van der Waals surface area contributed by atoms with Crippen LogP contribution in [-0.2, 0) is 10.0 Å². The smallest absolute Gasteiger partial charge is 0.293 e. The molecule has 1 heterocycles. The largest absolute Gasteiger partial charge is 0.372 e. The van der Waals surface area contributed by atoms with Gasteiger partial charge in [0.25, 0.3) is 5.69 Å². The number of nitrogens with zero attached hydrogens (tertiary/aromatic N) is 3. The zero-order chi connectivity index (χ0) is 16.5. The van der Waals surface area contributed by atoms with Crippen LogP contribution in [0.4, 0.5) is 11.4 Å². The zero-order valence-corrected chi connectivity index (χ0v) is 13.8. The highest BCUT2D eigenvalue weighted by Gasteiger charge is 2.31. The van der Waals surface area contributed by atoms with Crippen molar-refractivity contribution in [3.8, 4) is 0 Å². The van der Waals surface area contributed by atoms with Gasteiger partial charge in [0.05, 0.1) is 43.0 Å². The summed E-state index contributed by atoms with van der Waals surface area (Å²) < 4.78 is 26.7. The average molecular weight is 329 g/mol. The minimum atomic E-state index is -3.69. The number of hydrogen-bond donors (Lipinski definition) is 1. The van der Waals surface area contributed by atoms with Crippen LogP contribution in [0.15, 0.2) is 23.1 Å². The van der Waals surface area contributed by atoms with E-state index in [9.17, 15) is 18.5 Å². The molecule has 1 aliphatic heterocycles. The predicted molar refractivity (Wildman–Crippen MR) is 82.8 cm³/mol. The van der Waals surface area contributed by atoms with Gasteiger partial charge in [0.1, 0.15) is 5.69 Å². The number of benzene rings is 1. The minimum Gasteiger partial charge on any atom is -0.372 e. The topological polar surface area (TPSA) is 88.2 Å². The van der Waals surface area contributed by atoms with Crippen molar-refractivity contribution in [1.82, 2.24) is 4.31 Å². The lowest BCUT2D eigenvalue weighted by Gasteiger charge is -2.29. The molecule has 0 amide bonds. The summed E-state index contributed by atoms with van der Waals surface area (Å²) >= 11 is 0. The van der Waals surface area contributed by atoms with Crippen molar-refractivity contribution in [3.05, 3.63) is 28.3 Å². The fourth-order valence-corrected chi connectivity index (χ4v) is 3.91. The van der Waals surface area contributed by atoms with Crippen molar-refractivity contribution < 1.29 is 18.2 Å². The van der Waals surface area contributed by atoms with Gasteiger partial charge in [0.2, 0.25) is 10.0 Å². The first kappa shape index (κ1) is 16.7. The maximum Gasteiger partial charge on any atom is 0.293 e. The van der Waals surface area contributed by atoms with Gasteiger partial charge in [-0.3, -0.25) is 10.1 Å². The Kier molecular flexibility index (Phi) is 4.69. The quantitative estimate of drug-likeness (QED) is 0.576. The lowest BCUT2D eigenvalue weighted by Crippen LogP contribution is -3.12. The first-order chi connectivity index (χ1) is 10.2. The van der Waals surface area contributed by atoms with Gasteiger partial charge >= 0.3 is 0 Å². The third-order valence-electron chi connectivity index (χ3n) is 3.84. The summed E-state index contributed by atoms with van der Waals surface area (Å²) in [7, 11) is 1.69. The third-order valence-corrected chi connectivity index (χ3v) is 5.73. The second-order valence-electron chi connectivity index (χ2n) is 5.66. The van der Waals surface area contributed by atoms with E-state index in [1.165, 1.54) is 21.3 Å². The molecule has 0 bridgehead atoms. The van der Waals surface area contributed by atoms with E-state index in [-0.39, 0.29) is 10.6 Å². The summed E-state index contributed by atoms with van der Waals surface area (Å²) in [6.45, 7) is 2.32. The molecular weight excluding hydrogens is 308 g/mol. The highest BCUT2D eigenvalue weighted by atomic mass is 32.2. The Bertz CT molecular complexity index is 667. The third kappa shape index (κ3) is 3.21. The van der Waals surface area contributed by atoms with Crippen LogP contribution < -0.4 is 9.80 Å². The van der Waals surface area contributed by atoms with Gasteiger partial charge in [0.15, 0.2) is 0 Å². The second-order valence-corrected chi connectivity index (χ2v) is 7.60. The number of anilines is 1. The van der Waals surface area contributed by atoms with Crippen molar-refractivity contribution >= 4 is 21.4 Å². The Labute approximate surface area is 130 Å². The number of quaternary nitrogens is 1. The molecule has 9 heteroatoms. The Morgan fingerprint density at radius 3 is 2.36 bits per heavy atom. The standard InChI is InChI=1S/C13H20N4O4S/c1-14(2)12-5-4-11(10-13(12)17(18)19)22(20,21)16-8-6-15(3)7-9-16/h4-5,10H,6-9H2,1-3H3/p+1. The molecule has 22 heavy (non-hydrogen) atoms.